The highest BCUT2D eigenvalue weighted by atomic mass is 32.2. The number of hydrogen-bond donors (Lipinski definition) is 3. The van der Waals surface area contributed by atoms with Gasteiger partial charge in [0.15, 0.2) is 0 Å². The SMILES string of the molecule is CCNC(=O)c1sc(NCCc2cccs2)c(SC)c1N. The zero-order valence-electron chi connectivity index (χ0n) is 12.1. The predicted molar refractivity (Wildman–Crippen MR) is 95.0 cm³/mol. The van der Waals surface area contributed by atoms with Crippen LogP contribution in [0.5, 0.6) is 0 Å². The highest BCUT2D eigenvalue weighted by Crippen LogP contribution is 2.41. The van der Waals surface area contributed by atoms with Crippen molar-refractivity contribution in [3.05, 3.63) is 27.3 Å². The topological polar surface area (TPSA) is 67.2 Å². The second-order valence-corrected chi connectivity index (χ2v) is 7.19. The van der Waals surface area contributed by atoms with E-state index in [1.807, 2.05) is 13.2 Å². The molecule has 0 fully saturated rings. The van der Waals surface area contributed by atoms with Crippen molar-refractivity contribution < 1.29 is 4.79 Å². The quantitative estimate of drug-likeness (QED) is 0.674. The Labute approximate surface area is 137 Å². The number of hydrogen-bond acceptors (Lipinski definition) is 6. The first kappa shape index (κ1) is 16.2. The molecule has 114 valence electrons. The Bertz CT molecular complexity index is 593. The van der Waals surface area contributed by atoms with Gasteiger partial charge in [-0.1, -0.05) is 6.07 Å². The molecule has 21 heavy (non-hydrogen) atoms. The van der Waals surface area contributed by atoms with Crippen LogP contribution in [0.15, 0.2) is 22.4 Å². The first-order valence-corrected chi connectivity index (χ1v) is 9.60. The second-order valence-electron chi connectivity index (χ2n) is 4.32. The van der Waals surface area contributed by atoms with Crippen LogP contribution in [0.2, 0.25) is 0 Å². The Hall–Kier alpha value is -1.18. The fourth-order valence-corrected chi connectivity index (χ4v) is 4.60. The molecule has 0 bridgehead atoms. The van der Waals surface area contributed by atoms with Crippen molar-refractivity contribution in [2.45, 2.75) is 18.2 Å². The summed E-state index contributed by atoms with van der Waals surface area (Å²) in [7, 11) is 0. The molecule has 0 spiro atoms. The van der Waals surface area contributed by atoms with Crippen molar-refractivity contribution in [1.29, 1.82) is 0 Å². The largest absolute Gasteiger partial charge is 0.396 e. The van der Waals surface area contributed by atoms with Gasteiger partial charge >= 0.3 is 0 Å². The van der Waals surface area contributed by atoms with E-state index in [-0.39, 0.29) is 5.91 Å². The molecule has 0 aliphatic carbocycles. The lowest BCUT2D eigenvalue weighted by Crippen LogP contribution is -2.22. The highest BCUT2D eigenvalue weighted by molar-refractivity contribution is 7.99. The lowest BCUT2D eigenvalue weighted by molar-refractivity contribution is 0.0960. The number of carbonyl (C=O) groups excluding carboxylic acids is 1. The van der Waals surface area contributed by atoms with Gasteiger partial charge in [0.1, 0.15) is 9.88 Å². The number of amides is 1. The van der Waals surface area contributed by atoms with E-state index < -0.39 is 0 Å². The number of nitrogens with one attached hydrogen (secondary N) is 2. The summed E-state index contributed by atoms with van der Waals surface area (Å²) in [5.74, 6) is -0.0957. The van der Waals surface area contributed by atoms with Gasteiger partial charge in [0, 0.05) is 18.0 Å². The van der Waals surface area contributed by atoms with Crippen LogP contribution in [-0.2, 0) is 6.42 Å². The van der Waals surface area contributed by atoms with Crippen LogP contribution in [0.25, 0.3) is 0 Å². The third kappa shape index (κ3) is 3.93. The molecule has 7 heteroatoms. The number of anilines is 2. The van der Waals surface area contributed by atoms with Gasteiger partial charge in [-0.05, 0) is 31.0 Å². The molecule has 0 radical (unpaired) electrons. The van der Waals surface area contributed by atoms with Gasteiger partial charge in [-0.2, -0.15) is 0 Å². The Morgan fingerprint density at radius 2 is 2.29 bits per heavy atom. The van der Waals surface area contributed by atoms with Crippen LogP contribution in [0.1, 0.15) is 21.5 Å². The van der Waals surface area contributed by atoms with Crippen molar-refractivity contribution >= 4 is 51.0 Å². The smallest absolute Gasteiger partial charge is 0.263 e. The third-order valence-corrected chi connectivity index (χ3v) is 5.94. The Morgan fingerprint density at radius 3 is 2.90 bits per heavy atom. The first-order valence-electron chi connectivity index (χ1n) is 6.68. The maximum absolute atomic E-state index is 12.0. The van der Waals surface area contributed by atoms with Crippen LogP contribution >= 0.6 is 34.4 Å². The van der Waals surface area contributed by atoms with Crippen LogP contribution in [0.4, 0.5) is 10.7 Å². The van der Waals surface area contributed by atoms with Crippen molar-refractivity contribution in [2.24, 2.45) is 0 Å². The molecule has 0 unspecified atom stereocenters. The summed E-state index contributed by atoms with van der Waals surface area (Å²) in [6.07, 6.45) is 2.95. The third-order valence-electron chi connectivity index (χ3n) is 2.88. The minimum Gasteiger partial charge on any atom is -0.396 e. The molecular formula is C14H19N3OS3. The lowest BCUT2D eigenvalue weighted by atomic mass is 10.3. The van der Waals surface area contributed by atoms with Gasteiger partial charge < -0.3 is 16.4 Å². The first-order chi connectivity index (χ1) is 10.2. The van der Waals surface area contributed by atoms with E-state index >= 15 is 0 Å². The summed E-state index contributed by atoms with van der Waals surface area (Å²) < 4.78 is 0. The van der Waals surface area contributed by atoms with Crippen LogP contribution < -0.4 is 16.4 Å². The van der Waals surface area contributed by atoms with Crippen LogP contribution in [-0.4, -0.2) is 25.3 Å². The van der Waals surface area contributed by atoms with E-state index in [0.29, 0.717) is 17.1 Å². The van der Waals surface area contributed by atoms with Gasteiger partial charge in [0.2, 0.25) is 0 Å². The maximum Gasteiger partial charge on any atom is 0.263 e. The van der Waals surface area contributed by atoms with Gasteiger partial charge in [-0.15, -0.1) is 34.4 Å². The lowest BCUT2D eigenvalue weighted by Gasteiger charge is -2.05. The average Bonchev–Trinajstić information content (AvgIpc) is 3.07. The zero-order valence-corrected chi connectivity index (χ0v) is 14.5. The van der Waals surface area contributed by atoms with Crippen LogP contribution in [0.3, 0.4) is 0 Å². The minimum absolute atomic E-state index is 0.0957. The van der Waals surface area contributed by atoms with Crippen molar-refractivity contribution in [1.82, 2.24) is 5.32 Å². The monoisotopic (exact) mass is 341 g/mol. The van der Waals surface area contributed by atoms with Crippen LogP contribution in [0, 0.1) is 0 Å². The molecule has 0 atom stereocenters. The molecule has 2 aromatic heterocycles. The minimum atomic E-state index is -0.0957. The molecule has 0 aromatic carbocycles. The van der Waals surface area contributed by atoms with Gasteiger partial charge in [0.05, 0.1) is 10.6 Å². The van der Waals surface area contributed by atoms with Crippen molar-refractivity contribution in [3.8, 4) is 0 Å². The summed E-state index contributed by atoms with van der Waals surface area (Å²) in [6, 6.07) is 4.19. The normalized spacial score (nSPS) is 10.6. The van der Waals surface area contributed by atoms with Gasteiger partial charge in [0.25, 0.3) is 5.91 Å². The van der Waals surface area contributed by atoms with E-state index in [2.05, 4.69) is 28.1 Å². The van der Waals surface area contributed by atoms with Crippen molar-refractivity contribution in [3.63, 3.8) is 0 Å². The molecule has 4 N–H and O–H groups in total. The Balaban J connectivity index is 2.07. The number of nitrogens with two attached hydrogens (primary N) is 1. The molecule has 0 aliphatic rings. The summed E-state index contributed by atoms with van der Waals surface area (Å²) in [4.78, 5) is 14.9. The van der Waals surface area contributed by atoms with Gasteiger partial charge in [-0.3, -0.25) is 4.79 Å². The summed E-state index contributed by atoms with van der Waals surface area (Å²) in [5, 5.41) is 9.27. The van der Waals surface area contributed by atoms with E-state index in [9.17, 15) is 4.79 Å². The zero-order chi connectivity index (χ0) is 15.2. The Morgan fingerprint density at radius 1 is 1.48 bits per heavy atom. The van der Waals surface area contributed by atoms with Gasteiger partial charge in [-0.25, -0.2) is 0 Å². The number of nitrogen functional groups attached to an aromatic ring is 1. The molecule has 0 aliphatic heterocycles. The van der Waals surface area contributed by atoms with E-state index in [1.54, 1.807) is 23.1 Å². The molecular weight excluding hydrogens is 322 g/mol. The highest BCUT2D eigenvalue weighted by Gasteiger charge is 2.19. The number of thioether (sulfide) groups is 1. The molecule has 2 rings (SSSR count). The molecule has 0 saturated carbocycles. The second kappa shape index (κ2) is 7.72. The average molecular weight is 342 g/mol. The summed E-state index contributed by atoms with van der Waals surface area (Å²) >= 11 is 4.76. The maximum atomic E-state index is 12.0. The standard InChI is InChI=1S/C14H19N3OS3/c1-3-16-13(18)11-10(15)12(19-2)14(21-11)17-7-6-9-5-4-8-20-9/h4-5,8,17H,3,6-7,15H2,1-2H3,(H,16,18). The molecule has 0 saturated heterocycles. The van der Waals surface area contributed by atoms with E-state index in [0.717, 1.165) is 22.9 Å². The molecule has 4 nitrogen and oxygen atoms in total. The number of thiophene rings is 2. The molecule has 2 aromatic rings. The fraction of sp³-hybridized carbons (Fsp3) is 0.357. The summed E-state index contributed by atoms with van der Waals surface area (Å²) in [5.41, 5.74) is 6.68. The molecule has 2 heterocycles. The van der Waals surface area contributed by atoms with E-state index in [4.69, 9.17) is 5.73 Å². The molecule has 1 amide bonds. The van der Waals surface area contributed by atoms with Crippen molar-refractivity contribution in [2.75, 3.05) is 30.4 Å². The van der Waals surface area contributed by atoms with E-state index in [1.165, 1.54) is 16.2 Å². The predicted octanol–water partition coefficient (Wildman–Crippen LogP) is 3.52. The Kier molecular flexibility index (Phi) is 5.96. The number of rotatable bonds is 7. The number of carbonyl (C=O) groups is 1. The summed E-state index contributed by atoms with van der Waals surface area (Å²) in [6.45, 7) is 3.34. The fourth-order valence-electron chi connectivity index (χ4n) is 1.91.